The number of aliphatic imine (C=N–C) groups is 2. The van der Waals surface area contributed by atoms with E-state index in [1.807, 2.05) is 18.2 Å². The molecule has 1 spiro atoms. The van der Waals surface area contributed by atoms with Crippen molar-refractivity contribution in [2.24, 2.45) is 9.98 Å². The summed E-state index contributed by atoms with van der Waals surface area (Å²) in [5.74, 6) is 1.75. The van der Waals surface area contributed by atoms with E-state index in [0.717, 1.165) is 63.1 Å². The summed E-state index contributed by atoms with van der Waals surface area (Å²) >= 11 is 0. The number of para-hydroxylation sites is 2. The van der Waals surface area contributed by atoms with Crippen molar-refractivity contribution in [3.05, 3.63) is 262 Å². The summed E-state index contributed by atoms with van der Waals surface area (Å²) in [5.41, 5.74) is 21.7. The lowest BCUT2D eigenvalue weighted by Gasteiger charge is -2.30. The lowest BCUT2D eigenvalue weighted by Crippen LogP contribution is -2.36. The van der Waals surface area contributed by atoms with Gasteiger partial charge in [0.15, 0.2) is 6.17 Å². The quantitative estimate of drug-likeness (QED) is 0.165. The monoisotopic (exact) mass is 861 g/mol. The van der Waals surface area contributed by atoms with E-state index >= 15 is 0 Å². The molecule has 3 aliphatic rings. The molecular weight excluding hydrogens is 815 g/mol. The van der Waals surface area contributed by atoms with Crippen LogP contribution in [0.5, 0.6) is 0 Å². The number of fused-ring (bicyclic) bond motifs is 13. The molecule has 320 valence electrons. The smallest absolute Gasteiger partial charge is 0.170 e. The maximum atomic E-state index is 6.55. The van der Waals surface area contributed by atoms with Crippen LogP contribution in [0.25, 0.3) is 55.3 Å². The van der Waals surface area contributed by atoms with Gasteiger partial charge in [-0.2, -0.15) is 0 Å². The maximum absolute atomic E-state index is 6.55. The van der Waals surface area contributed by atoms with Crippen LogP contribution in [0, 0.1) is 6.92 Å². The highest BCUT2D eigenvalue weighted by Gasteiger charge is 2.52. The second kappa shape index (κ2) is 15.5. The van der Waals surface area contributed by atoms with Crippen molar-refractivity contribution in [2.45, 2.75) is 44.2 Å². The highest BCUT2D eigenvalue weighted by molar-refractivity contribution is 6.21. The summed E-state index contributed by atoms with van der Waals surface area (Å²) in [6, 6.07) is 74.9. The fourth-order valence-corrected chi connectivity index (χ4v) is 11.9. The Morgan fingerprint density at radius 3 is 1.88 bits per heavy atom. The average molecular weight is 862 g/mol. The molecule has 0 amide bonds. The first-order chi connectivity index (χ1) is 33.1. The number of nitrogens with zero attached hydrogens (tertiary/aromatic N) is 2. The van der Waals surface area contributed by atoms with Crippen LogP contribution in [0.15, 0.2) is 221 Å². The standard InChI is InChI=1S/C63H47N3O/c1-3-40(44-23-9-10-28-50(44)61-64-60(41-20-5-4-6-21-41)65-62(66-61)52-31-19-30-49-48-27-14-18-35-57(48)67-59(49)52)38-42-22-7-8-24-45(42)43-36-37-56-58(39(43)2)51-29-13-17-34-55(51)63(56)53-32-15-11-25-46(53)47-26-12-16-33-54(47)63/h4-37,40,61H,3,38H2,1-2H3,(H,64,65,66). The second-order valence-corrected chi connectivity index (χ2v) is 18.2. The van der Waals surface area contributed by atoms with E-state index in [2.05, 4.69) is 207 Å². The first-order valence-corrected chi connectivity index (χ1v) is 23.6. The first-order valence-electron chi connectivity index (χ1n) is 23.6. The van der Waals surface area contributed by atoms with Crippen LogP contribution in [0.3, 0.4) is 0 Å². The molecule has 67 heavy (non-hydrogen) atoms. The molecule has 2 unspecified atom stereocenters. The molecule has 13 rings (SSSR count). The fourth-order valence-electron chi connectivity index (χ4n) is 11.9. The minimum atomic E-state index is -0.469. The Labute approximate surface area is 391 Å². The van der Waals surface area contributed by atoms with Crippen molar-refractivity contribution in [3.63, 3.8) is 0 Å². The number of nitrogens with one attached hydrogen (secondary N) is 1. The molecule has 0 saturated heterocycles. The molecule has 10 aromatic rings. The lowest BCUT2D eigenvalue weighted by atomic mass is 9.70. The van der Waals surface area contributed by atoms with E-state index in [1.165, 1.54) is 72.3 Å². The van der Waals surface area contributed by atoms with Crippen LogP contribution in [-0.4, -0.2) is 11.7 Å². The molecule has 0 bridgehead atoms. The molecule has 0 saturated carbocycles. The Kier molecular flexibility index (Phi) is 9.11. The van der Waals surface area contributed by atoms with E-state index in [0.29, 0.717) is 0 Å². The van der Waals surface area contributed by atoms with Gasteiger partial charge in [0.05, 0.1) is 11.0 Å². The number of hydrogen-bond acceptors (Lipinski definition) is 4. The Hall–Kier alpha value is -8.08. The summed E-state index contributed by atoms with van der Waals surface area (Å²) in [6.07, 6.45) is 1.36. The molecule has 9 aromatic carbocycles. The normalized spacial score (nSPS) is 15.6. The van der Waals surface area contributed by atoms with Crippen LogP contribution < -0.4 is 5.32 Å². The van der Waals surface area contributed by atoms with Gasteiger partial charge in [-0.05, 0) is 110 Å². The largest absolute Gasteiger partial charge is 0.455 e. The molecule has 1 aliphatic heterocycles. The molecule has 0 radical (unpaired) electrons. The molecule has 1 N–H and O–H groups in total. The number of amidine groups is 2. The van der Waals surface area contributed by atoms with Crippen molar-refractivity contribution in [3.8, 4) is 33.4 Å². The average Bonchev–Trinajstić information content (AvgIpc) is 4.03. The van der Waals surface area contributed by atoms with Gasteiger partial charge in [0, 0.05) is 21.9 Å². The summed E-state index contributed by atoms with van der Waals surface area (Å²) in [4.78, 5) is 10.8. The molecule has 4 heteroatoms. The Bertz CT molecular complexity index is 3620. The van der Waals surface area contributed by atoms with Crippen LogP contribution in [0.1, 0.15) is 81.1 Å². The fraction of sp³-hybridized carbons (Fsp3) is 0.111. The van der Waals surface area contributed by atoms with Gasteiger partial charge in [0.1, 0.15) is 22.8 Å². The van der Waals surface area contributed by atoms with Gasteiger partial charge >= 0.3 is 0 Å². The van der Waals surface area contributed by atoms with E-state index < -0.39 is 6.17 Å². The third-order valence-electron chi connectivity index (χ3n) is 14.8. The van der Waals surface area contributed by atoms with Crippen molar-refractivity contribution in [1.82, 2.24) is 5.32 Å². The third kappa shape index (κ3) is 5.92. The maximum Gasteiger partial charge on any atom is 0.170 e. The Morgan fingerprint density at radius 2 is 1.10 bits per heavy atom. The highest BCUT2D eigenvalue weighted by Crippen LogP contribution is 2.63. The Balaban J connectivity index is 0.911. The second-order valence-electron chi connectivity index (χ2n) is 18.2. The number of furan rings is 1. The zero-order chi connectivity index (χ0) is 44.6. The zero-order valence-electron chi connectivity index (χ0n) is 37.5. The van der Waals surface area contributed by atoms with E-state index in [1.54, 1.807) is 0 Å². The van der Waals surface area contributed by atoms with Crippen molar-refractivity contribution < 1.29 is 4.42 Å². The van der Waals surface area contributed by atoms with Gasteiger partial charge in [-0.1, -0.05) is 201 Å². The molecule has 4 nitrogen and oxygen atoms in total. The van der Waals surface area contributed by atoms with E-state index in [4.69, 9.17) is 14.4 Å². The predicted molar refractivity (Wildman–Crippen MR) is 275 cm³/mol. The summed E-state index contributed by atoms with van der Waals surface area (Å²) < 4.78 is 6.55. The highest BCUT2D eigenvalue weighted by atomic mass is 16.3. The minimum absolute atomic E-state index is 0.213. The van der Waals surface area contributed by atoms with Crippen molar-refractivity contribution in [2.75, 3.05) is 0 Å². The molecular formula is C63H47N3O. The van der Waals surface area contributed by atoms with Crippen LogP contribution in [0.4, 0.5) is 0 Å². The number of benzene rings is 9. The first kappa shape index (κ1) is 39.3. The van der Waals surface area contributed by atoms with Crippen molar-refractivity contribution >= 4 is 33.6 Å². The zero-order valence-corrected chi connectivity index (χ0v) is 37.5. The van der Waals surface area contributed by atoms with E-state index in [-0.39, 0.29) is 11.3 Å². The van der Waals surface area contributed by atoms with Crippen LogP contribution in [0.2, 0.25) is 0 Å². The summed E-state index contributed by atoms with van der Waals surface area (Å²) in [5, 5.41) is 5.81. The minimum Gasteiger partial charge on any atom is -0.455 e. The van der Waals surface area contributed by atoms with Crippen LogP contribution in [-0.2, 0) is 11.8 Å². The van der Waals surface area contributed by atoms with Gasteiger partial charge < -0.3 is 9.73 Å². The molecule has 0 fully saturated rings. The topological polar surface area (TPSA) is 49.9 Å². The molecule has 2 atom stereocenters. The molecule has 1 aromatic heterocycles. The third-order valence-corrected chi connectivity index (χ3v) is 14.8. The van der Waals surface area contributed by atoms with Gasteiger partial charge in [-0.3, -0.25) is 0 Å². The van der Waals surface area contributed by atoms with Gasteiger partial charge in [0.25, 0.3) is 0 Å². The van der Waals surface area contributed by atoms with Gasteiger partial charge in [0.2, 0.25) is 0 Å². The Morgan fingerprint density at radius 1 is 0.507 bits per heavy atom. The van der Waals surface area contributed by atoms with Crippen LogP contribution >= 0.6 is 0 Å². The SMILES string of the molecule is CCC(Cc1ccccc1-c1ccc2c(c1C)-c1ccccc1C21c2ccccc2-c2ccccc21)c1ccccc1C1N=C(c2ccccc2)NC(c2cccc3c2oc2ccccc23)=N1. The van der Waals surface area contributed by atoms with Crippen molar-refractivity contribution in [1.29, 1.82) is 0 Å². The molecule has 2 aliphatic carbocycles. The summed E-state index contributed by atoms with van der Waals surface area (Å²) in [7, 11) is 0. The van der Waals surface area contributed by atoms with Gasteiger partial charge in [-0.15, -0.1) is 0 Å². The number of hydrogen-bond donors (Lipinski definition) is 1. The summed E-state index contributed by atoms with van der Waals surface area (Å²) in [6.45, 7) is 4.66. The predicted octanol–water partition coefficient (Wildman–Crippen LogP) is 15.1. The number of rotatable bonds is 8. The lowest BCUT2D eigenvalue weighted by molar-refractivity contribution is 0.636. The van der Waals surface area contributed by atoms with E-state index in [9.17, 15) is 0 Å². The van der Waals surface area contributed by atoms with Gasteiger partial charge in [-0.25, -0.2) is 9.98 Å². The molecule has 2 heterocycles.